The highest BCUT2D eigenvalue weighted by Crippen LogP contribution is 2.63. The third-order valence-corrected chi connectivity index (χ3v) is 14.0. The van der Waals surface area contributed by atoms with Crippen LogP contribution in [0.4, 0.5) is 0 Å². The molecule has 3 unspecified atom stereocenters. The van der Waals surface area contributed by atoms with Crippen LogP contribution in [-0.4, -0.2) is 47.8 Å². The van der Waals surface area contributed by atoms with Crippen molar-refractivity contribution < 1.29 is 14.3 Å². The second-order valence-electron chi connectivity index (χ2n) is 12.0. The lowest BCUT2D eigenvalue weighted by Gasteiger charge is -2.64. The van der Waals surface area contributed by atoms with Crippen LogP contribution < -0.4 is 4.74 Å². The summed E-state index contributed by atoms with van der Waals surface area (Å²) in [7, 11) is -1.43. The Labute approximate surface area is 253 Å². The standard InChI is InChI=1S/C35H38N2O3SSi/c1-33(2,3)37-31(39)35(42(5)6,29-22-23-30(40-4)36-24-29)32(37)41(25-38)34(26-16-10-7-11-17-26,27-18-12-8-13-19-27)28-20-14-9-15-21-28/h7-24,32,42H,1-6H3. The highest BCUT2D eigenvalue weighted by molar-refractivity contribution is 8.16. The number of aromatic nitrogens is 1. The molecule has 2 heterocycles. The number of amides is 1. The van der Waals surface area contributed by atoms with Crippen molar-refractivity contribution >= 4 is 30.4 Å². The summed E-state index contributed by atoms with van der Waals surface area (Å²) in [5.74, 6) is 0.549. The average Bonchev–Trinajstić information content (AvgIpc) is 3.00. The van der Waals surface area contributed by atoms with Crippen molar-refractivity contribution in [2.24, 2.45) is 0 Å². The lowest BCUT2D eigenvalue weighted by Crippen LogP contribution is -2.79. The highest BCUT2D eigenvalue weighted by Gasteiger charge is 2.69. The predicted octanol–water partition coefficient (Wildman–Crippen LogP) is 6.65. The van der Waals surface area contributed by atoms with E-state index in [0.29, 0.717) is 5.88 Å². The Morgan fingerprint density at radius 1 is 0.833 bits per heavy atom. The first-order valence-electron chi connectivity index (χ1n) is 14.3. The van der Waals surface area contributed by atoms with Crippen LogP contribution in [0.3, 0.4) is 0 Å². The van der Waals surface area contributed by atoms with Crippen LogP contribution in [0.2, 0.25) is 13.1 Å². The first-order chi connectivity index (χ1) is 20.1. The molecule has 1 aliphatic heterocycles. The lowest BCUT2D eigenvalue weighted by molar-refractivity contribution is -0.156. The Kier molecular flexibility index (Phi) is 8.12. The summed E-state index contributed by atoms with van der Waals surface area (Å²) in [6.07, 6.45) is 1.78. The van der Waals surface area contributed by atoms with Gasteiger partial charge in [0.2, 0.25) is 11.8 Å². The van der Waals surface area contributed by atoms with Crippen molar-refractivity contribution in [3.05, 3.63) is 132 Å². The maximum absolute atomic E-state index is 14.7. The van der Waals surface area contributed by atoms with Crippen molar-refractivity contribution in [2.45, 2.75) is 54.6 Å². The fraction of sp³-hybridized carbons (Fsp3) is 0.286. The summed E-state index contributed by atoms with van der Waals surface area (Å²) in [6.45, 7) is 10.6. The van der Waals surface area contributed by atoms with E-state index in [1.165, 1.54) is 0 Å². The van der Waals surface area contributed by atoms with E-state index in [4.69, 9.17) is 4.74 Å². The lowest BCUT2D eigenvalue weighted by atomic mass is 9.83. The highest BCUT2D eigenvalue weighted by atomic mass is 32.2. The van der Waals surface area contributed by atoms with Crippen LogP contribution in [-0.2, 0) is 19.4 Å². The molecule has 0 bridgehead atoms. The Morgan fingerprint density at radius 3 is 1.64 bits per heavy atom. The summed E-state index contributed by atoms with van der Waals surface area (Å²) in [6, 6.07) is 34.5. The quantitative estimate of drug-likeness (QED) is 0.0992. The smallest absolute Gasteiger partial charge is 0.234 e. The average molecular weight is 595 g/mol. The molecule has 42 heavy (non-hydrogen) atoms. The Bertz CT molecular complexity index is 1500. The molecule has 5 nitrogen and oxygen atoms in total. The summed E-state index contributed by atoms with van der Waals surface area (Å²) in [4.78, 5) is 35.0. The third kappa shape index (κ3) is 4.48. The minimum Gasteiger partial charge on any atom is -0.481 e. The number of carbonyl (C=O) groups is 1. The number of hydrogen-bond acceptors (Lipinski definition) is 4. The maximum atomic E-state index is 14.7. The molecule has 1 fully saturated rings. The van der Waals surface area contributed by atoms with Gasteiger partial charge in [-0.15, -0.1) is 0 Å². The van der Waals surface area contributed by atoms with Gasteiger partial charge in [-0.1, -0.05) is 121 Å². The third-order valence-electron chi connectivity index (χ3n) is 8.44. The minimum absolute atomic E-state index is 0.0597. The fourth-order valence-corrected chi connectivity index (χ4v) is 12.9. The molecule has 0 N–H and O–H groups in total. The number of benzene rings is 3. The largest absolute Gasteiger partial charge is 0.481 e. The van der Waals surface area contributed by atoms with Crippen molar-refractivity contribution in [3.8, 4) is 5.88 Å². The van der Waals surface area contributed by atoms with E-state index in [2.05, 4.69) is 80.5 Å². The Balaban J connectivity index is 1.91. The molecule has 3 aromatic carbocycles. The van der Waals surface area contributed by atoms with Gasteiger partial charge in [0.1, 0.15) is 5.37 Å². The van der Waals surface area contributed by atoms with Gasteiger partial charge in [0.15, 0.2) is 5.23 Å². The van der Waals surface area contributed by atoms with E-state index in [1.54, 1.807) is 13.3 Å². The van der Waals surface area contributed by atoms with Crippen molar-refractivity contribution in [3.63, 3.8) is 0 Å². The van der Waals surface area contributed by atoms with E-state index >= 15 is 0 Å². The summed E-state index contributed by atoms with van der Waals surface area (Å²) >= 11 is 0. The number of nitrogens with zero attached hydrogens (tertiary/aromatic N) is 2. The van der Waals surface area contributed by atoms with Crippen LogP contribution in [0, 0.1) is 0 Å². The molecular weight excluding hydrogens is 557 g/mol. The summed E-state index contributed by atoms with van der Waals surface area (Å²) < 4.78 is 4.47. The number of hydrogen-bond donors (Lipinski definition) is 0. The van der Waals surface area contributed by atoms with Crippen molar-refractivity contribution in [1.29, 1.82) is 0 Å². The monoisotopic (exact) mass is 594 g/mol. The number of ether oxygens (including phenoxy) is 1. The number of likely N-dealkylation sites (tertiary alicyclic amines) is 1. The molecular formula is C35H38N2O3SSi. The predicted molar refractivity (Wildman–Crippen MR) is 174 cm³/mol. The number of pyridine rings is 1. The zero-order chi connectivity index (χ0) is 30.1. The van der Waals surface area contributed by atoms with E-state index in [-0.39, 0.29) is 5.91 Å². The second kappa shape index (κ2) is 11.5. The van der Waals surface area contributed by atoms with Crippen LogP contribution in [0.25, 0.3) is 0 Å². The van der Waals surface area contributed by atoms with Gasteiger partial charge in [0.05, 0.1) is 25.7 Å². The van der Waals surface area contributed by atoms with Crippen LogP contribution in [0.1, 0.15) is 43.0 Å². The maximum Gasteiger partial charge on any atom is 0.234 e. The molecule has 0 aliphatic carbocycles. The molecule has 0 spiro atoms. The molecule has 1 amide bonds. The fourth-order valence-electron chi connectivity index (χ4n) is 6.55. The number of methoxy groups -OCH3 is 1. The van der Waals surface area contributed by atoms with Crippen LogP contribution in [0.5, 0.6) is 5.88 Å². The molecule has 4 aromatic rings. The SMILES string of the molecule is COc1ccc(C2([SiH](C)C)C(=O)N(C(C)(C)C)C2S(=C=O)C(c2ccccc2)(c2ccccc2)c2ccccc2)cn1. The Hall–Kier alpha value is -3.77. The van der Waals surface area contributed by atoms with Crippen molar-refractivity contribution in [2.75, 3.05) is 7.11 Å². The van der Waals surface area contributed by atoms with Crippen LogP contribution >= 0.6 is 10.5 Å². The second-order valence-corrected chi connectivity index (χ2v) is 17.1. The number of rotatable bonds is 8. The molecule has 0 saturated carbocycles. The molecule has 0 radical (unpaired) electrons. The van der Waals surface area contributed by atoms with Gasteiger partial charge in [-0.3, -0.25) is 4.79 Å². The summed E-state index contributed by atoms with van der Waals surface area (Å²) in [5, 5.41) is 1.32. The van der Waals surface area contributed by atoms with Gasteiger partial charge in [-0.05, 0) is 43.0 Å². The van der Waals surface area contributed by atoms with E-state index in [1.807, 2.05) is 71.6 Å². The van der Waals surface area contributed by atoms with Crippen LogP contribution in [0.15, 0.2) is 109 Å². The molecule has 216 valence electrons. The van der Waals surface area contributed by atoms with Gasteiger partial charge in [0.25, 0.3) is 0 Å². The Morgan fingerprint density at radius 2 is 1.31 bits per heavy atom. The molecule has 1 saturated heterocycles. The van der Waals surface area contributed by atoms with E-state index in [0.717, 1.165) is 22.3 Å². The van der Waals surface area contributed by atoms with Gasteiger partial charge in [0, 0.05) is 17.8 Å². The van der Waals surface area contributed by atoms with Gasteiger partial charge >= 0.3 is 0 Å². The van der Waals surface area contributed by atoms with E-state index in [9.17, 15) is 9.59 Å². The van der Waals surface area contributed by atoms with Gasteiger partial charge < -0.3 is 9.64 Å². The number of β-lactam (4-membered cyclic amide) rings is 1. The molecule has 1 aliphatic rings. The molecule has 3 atom stereocenters. The normalized spacial score (nSPS) is 19.6. The molecule has 7 heteroatoms. The van der Waals surface area contributed by atoms with E-state index < -0.39 is 40.0 Å². The number of carbonyl (C=O) groups excluding carboxylic acids is 2. The topological polar surface area (TPSA) is 59.5 Å². The zero-order valence-electron chi connectivity index (χ0n) is 25.1. The minimum atomic E-state index is -1.86. The summed E-state index contributed by atoms with van der Waals surface area (Å²) in [5.41, 5.74) is 3.31. The first kappa shape index (κ1) is 29.7. The molecule has 1 aromatic heterocycles. The van der Waals surface area contributed by atoms with Gasteiger partial charge in [-0.2, -0.15) is 0 Å². The molecule has 5 rings (SSSR count). The van der Waals surface area contributed by atoms with Crippen molar-refractivity contribution in [1.82, 2.24) is 9.88 Å². The first-order valence-corrected chi connectivity index (χ1v) is 18.4. The van der Waals surface area contributed by atoms with Gasteiger partial charge in [-0.25, -0.2) is 9.78 Å². The zero-order valence-corrected chi connectivity index (χ0v) is 27.0.